The van der Waals surface area contributed by atoms with Gasteiger partial charge in [0.15, 0.2) is 16.5 Å². The molecule has 5 aromatic heterocycles. The minimum atomic E-state index is 0.287. The number of nitrogens with one attached hydrogen (secondary N) is 1. The predicted molar refractivity (Wildman–Crippen MR) is 148 cm³/mol. The average Bonchev–Trinajstić information content (AvgIpc) is 3.62. The molecule has 37 heavy (non-hydrogen) atoms. The summed E-state index contributed by atoms with van der Waals surface area (Å²) in [5.74, 6) is 2.65. The number of imidazole rings is 1. The standard InChI is InChI=1S/C26H23N6O3PS/c1-14-4-7-25-29-19(11-32(25)31-14)22-10-18-20(8-17(33-3)9-21(18)35-22)34-12-16-13-37-26(28-16)30-24-6-5-23(36)15(2)27-24/h4-11,13H,12,36H2,1-3H3,(H,27,28,30). The average molecular weight is 531 g/mol. The molecule has 0 aliphatic heterocycles. The van der Waals surface area contributed by atoms with E-state index in [4.69, 9.17) is 13.9 Å². The molecule has 0 radical (unpaired) electrons. The van der Waals surface area contributed by atoms with Gasteiger partial charge in [0.25, 0.3) is 0 Å². The van der Waals surface area contributed by atoms with E-state index in [1.54, 1.807) is 11.6 Å². The molecule has 0 saturated carbocycles. The summed E-state index contributed by atoms with van der Waals surface area (Å²) in [6.07, 6.45) is 1.85. The monoisotopic (exact) mass is 530 g/mol. The Morgan fingerprint density at radius 3 is 2.81 bits per heavy atom. The van der Waals surface area contributed by atoms with Crippen molar-refractivity contribution >= 4 is 53.4 Å². The number of hydrogen-bond donors (Lipinski definition) is 1. The summed E-state index contributed by atoms with van der Waals surface area (Å²) < 4.78 is 19.6. The molecule has 186 valence electrons. The lowest BCUT2D eigenvalue weighted by Crippen LogP contribution is -2.03. The van der Waals surface area contributed by atoms with Gasteiger partial charge in [-0.1, -0.05) is 0 Å². The maximum atomic E-state index is 6.19. The van der Waals surface area contributed by atoms with Crippen molar-refractivity contribution in [1.82, 2.24) is 24.6 Å². The topological polar surface area (TPSA) is 99.6 Å². The Bertz CT molecular complexity index is 1760. The number of methoxy groups -OCH3 is 1. The molecule has 0 bridgehead atoms. The van der Waals surface area contributed by atoms with Crippen molar-refractivity contribution in [3.05, 3.63) is 71.1 Å². The highest BCUT2D eigenvalue weighted by atomic mass is 32.1. The second-order valence-corrected chi connectivity index (χ2v) is 9.96. The van der Waals surface area contributed by atoms with Gasteiger partial charge in [0.05, 0.1) is 30.1 Å². The number of furan rings is 1. The van der Waals surface area contributed by atoms with Crippen LogP contribution >= 0.6 is 20.6 Å². The van der Waals surface area contributed by atoms with Crippen LogP contribution in [0.15, 0.2) is 58.5 Å². The van der Waals surface area contributed by atoms with Crippen LogP contribution in [0.2, 0.25) is 0 Å². The van der Waals surface area contributed by atoms with Gasteiger partial charge >= 0.3 is 0 Å². The molecule has 0 spiro atoms. The number of benzene rings is 1. The van der Waals surface area contributed by atoms with Crippen LogP contribution in [0.4, 0.5) is 10.9 Å². The number of ether oxygens (including phenoxy) is 2. The Hall–Kier alpha value is -4.01. The lowest BCUT2D eigenvalue weighted by atomic mass is 10.2. The molecule has 1 atom stereocenters. The summed E-state index contributed by atoms with van der Waals surface area (Å²) in [5, 5.41) is 12.3. The molecule has 0 fully saturated rings. The van der Waals surface area contributed by atoms with Gasteiger partial charge in [-0.15, -0.1) is 20.6 Å². The summed E-state index contributed by atoms with van der Waals surface area (Å²) in [6, 6.07) is 13.4. The first kappa shape index (κ1) is 23.4. The van der Waals surface area contributed by atoms with Crippen LogP contribution in [-0.2, 0) is 6.61 Å². The highest BCUT2D eigenvalue weighted by molar-refractivity contribution is 7.27. The Kier molecular flexibility index (Phi) is 5.98. The number of rotatable bonds is 7. The van der Waals surface area contributed by atoms with Gasteiger partial charge in [0.1, 0.15) is 35.2 Å². The molecule has 0 aliphatic carbocycles. The van der Waals surface area contributed by atoms with Crippen molar-refractivity contribution in [1.29, 1.82) is 0 Å². The van der Waals surface area contributed by atoms with Crippen molar-refractivity contribution in [2.75, 3.05) is 12.4 Å². The largest absolute Gasteiger partial charge is 0.496 e. The van der Waals surface area contributed by atoms with Gasteiger partial charge in [-0.3, -0.25) is 0 Å². The van der Waals surface area contributed by atoms with Gasteiger partial charge in [-0.05, 0) is 49.5 Å². The van der Waals surface area contributed by atoms with Crippen molar-refractivity contribution in [3.8, 4) is 23.0 Å². The Labute approximate surface area is 218 Å². The molecule has 11 heteroatoms. The molecule has 0 saturated heterocycles. The van der Waals surface area contributed by atoms with E-state index in [1.165, 1.54) is 11.3 Å². The highest BCUT2D eigenvalue weighted by Crippen LogP contribution is 2.37. The normalized spacial score (nSPS) is 11.4. The predicted octanol–water partition coefficient (Wildman–Crippen LogP) is 5.44. The fourth-order valence-electron chi connectivity index (χ4n) is 3.88. The fourth-order valence-corrected chi connectivity index (χ4v) is 4.74. The Balaban J connectivity index is 1.25. The SMILES string of the molecule is COc1cc(OCc2csc(Nc3ccc(P)c(C)n3)n2)c2cc(-c3cn4nc(C)ccc4n3)oc2c1. The zero-order chi connectivity index (χ0) is 25.5. The summed E-state index contributed by atoms with van der Waals surface area (Å²) in [5.41, 5.74) is 4.74. The molecule has 9 nitrogen and oxygen atoms in total. The number of aryl methyl sites for hydroxylation is 2. The Morgan fingerprint density at radius 1 is 1.08 bits per heavy atom. The minimum Gasteiger partial charge on any atom is -0.496 e. The van der Waals surface area contributed by atoms with Gasteiger partial charge in [0.2, 0.25) is 0 Å². The number of anilines is 2. The van der Waals surface area contributed by atoms with E-state index >= 15 is 0 Å². The molecule has 5 heterocycles. The summed E-state index contributed by atoms with van der Waals surface area (Å²) in [4.78, 5) is 13.8. The van der Waals surface area contributed by atoms with E-state index in [2.05, 4.69) is 34.6 Å². The van der Waals surface area contributed by atoms with Crippen LogP contribution < -0.4 is 20.1 Å². The second kappa shape index (κ2) is 9.46. The zero-order valence-electron chi connectivity index (χ0n) is 20.3. The smallest absolute Gasteiger partial charge is 0.188 e. The van der Waals surface area contributed by atoms with Crippen LogP contribution in [0.5, 0.6) is 11.5 Å². The van der Waals surface area contributed by atoms with Gasteiger partial charge in [-0.25, -0.2) is 19.5 Å². The third kappa shape index (κ3) is 4.73. The molecule has 0 aliphatic rings. The van der Waals surface area contributed by atoms with Crippen LogP contribution in [-0.4, -0.2) is 31.7 Å². The first-order chi connectivity index (χ1) is 17.9. The van der Waals surface area contributed by atoms with Gasteiger partial charge < -0.3 is 19.2 Å². The Morgan fingerprint density at radius 2 is 1.97 bits per heavy atom. The van der Waals surface area contributed by atoms with Crippen molar-refractivity contribution in [2.45, 2.75) is 20.5 Å². The second-order valence-electron chi connectivity index (χ2n) is 8.48. The van der Waals surface area contributed by atoms with E-state index in [0.717, 1.165) is 44.4 Å². The fraction of sp³-hybridized carbons (Fsp3) is 0.154. The molecule has 1 unspecified atom stereocenters. The summed E-state index contributed by atoms with van der Waals surface area (Å²) in [7, 11) is 4.29. The first-order valence-electron chi connectivity index (χ1n) is 11.5. The van der Waals surface area contributed by atoms with Crippen molar-refractivity contribution in [3.63, 3.8) is 0 Å². The lowest BCUT2D eigenvalue weighted by Gasteiger charge is -2.08. The number of fused-ring (bicyclic) bond motifs is 2. The molecule has 6 aromatic rings. The van der Waals surface area contributed by atoms with E-state index in [0.29, 0.717) is 28.5 Å². The third-order valence-electron chi connectivity index (χ3n) is 5.80. The van der Waals surface area contributed by atoms with Crippen molar-refractivity contribution in [2.24, 2.45) is 0 Å². The number of nitrogens with zero attached hydrogens (tertiary/aromatic N) is 5. The summed E-state index contributed by atoms with van der Waals surface area (Å²) >= 11 is 1.50. The number of aromatic nitrogens is 5. The number of pyridine rings is 1. The van der Waals surface area contributed by atoms with E-state index < -0.39 is 0 Å². The van der Waals surface area contributed by atoms with E-state index in [9.17, 15) is 0 Å². The van der Waals surface area contributed by atoms with Gasteiger partial charge in [0, 0.05) is 23.2 Å². The van der Waals surface area contributed by atoms with Crippen LogP contribution in [0.1, 0.15) is 17.1 Å². The minimum absolute atomic E-state index is 0.287. The lowest BCUT2D eigenvalue weighted by molar-refractivity contribution is 0.303. The van der Waals surface area contributed by atoms with Gasteiger partial charge in [-0.2, -0.15) is 5.10 Å². The maximum absolute atomic E-state index is 6.19. The third-order valence-corrected chi connectivity index (χ3v) is 7.22. The number of hydrogen-bond acceptors (Lipinski definition) is 9. The first-order valence-corrected chi connectivity index (χ1v) is 12.9. The molecular weight excluding hydrogens is 507 g/mol. The van der Waals surface area contributed by atoms with Crippen molar-refractivity contribution < 1.29 is 13.9 Å². The van der Waals surface area contributed by atoms with Crippen LogP contribution in [0.3, 0.4) is 0 Å². The molecule has 0 amide bonds. The molecule has 1 aromatic carbocycles. The summed E-state index contributed by atoms with van der Waals surface area (Å²) in [6.45, 7) is 4.20. The quantitative estimate of drug-likeness (QED) is 0.272. The van der Waals surface area contributed by atoms with Crippen LogP contribution in [0, 0.1) is 13.8 Å². The van der Waals surface area contributed by atoms with E-state index in [-0.39, 0.29) is 6.61 Å². The van der Waals surface area contributed by atoms with Crippen LogP contribution in [0.25, 0.3) is 28.1 Å². The van der Waals surface area contributed by atoms with E-state index in [1.807, 2.05) is 67.9 Å². The molecule has 1 N–H and O–H groups in total. The molecule has 6 rings (SSSR count). The maximum Gasteiger partial charge on any atom is 0.188 e. The number of thiazole rings is 1. The highest BCUT2D eigenvalue weighted by Gasteiger charge is 2.16. The zero-order valence-corrected chi connectivity index (χ0v) is 22.3. The molecular formula is C26H23N6O3PS.